The van der Waals surface area contributed by atoms with Crippen molar-refractivity contribution < 1.29 is 13.8 Å². The third-order valence-corrected chi connectivity index (χ3v) is 4.39. The monoisotopic (exact) mass is 371 g/mol. The molecule has 1 atom stereocenters. The van der Waals surface area contributed by atoms with Crippen molar-refractivity contribution in [3.63, 3.8) is 0 Å². The largest absolute Gasteiger partial charge is 0.467 e. The van der Waals surface area contributed by atoms with Crippen molar-refractivity contribution >= 4 is 34.6 Å². The van der Waals surface area contributed by atoms with Gasteiger partial charge in [-0.3, -0.25) is 4.79 Å². The van der Waals surface area contributed by atoms with Gasteiger partial charge in [-0.25, -0.2) is 0 Å². The Kier molecular flexibility index (Phi) is 5.58. The summed E-state index contributed by atoms with van der Waals surface area (Å²) in [6.07, 6.45) is 5.21. The molecule has 0 aliphatic carbocycles. The molecule has 2 aromatic heterocycles. The molecule has 25 heavy (non-hydrogen) atoms. The highest BCUT2D eigenvalue weighted by Gasteiger charge is 2.34. The first-order chi connectivity index (χ1) is 12.2. The maximum Gasteiger partial charge on any atom is 0.270 e. The Balaban J connectivity index is 1.89. The van der Waals surface area contributed by atoms with Gasteiger partial charge in [-0.05, 0) is 24.3 Å². The number of hydrogen-bond acceptors (Lipinski definition) is 3. The Morgan fingerprint density at radius 2 is 1.88 bits per heavy atom. The molecule has 4 nitrogen and oxygen atoms in total. The van der Waals surface area contributed by atoms with Crippen LogP contribution in [0.4, 0.5) is 0 Å². The van der Waals surface area contributed by atoms with E-state index in [1.54, 1.807) is 53.6 Å². The van der Waals surface area contributed by atoms with E-state index in [1.165, 1.54) is 0 Å². The lowest BCUT2D eigenvalue weighted by Gasteiger charge is -2.14. The summed E-state index contributed by atoms with van der Waals surface area (Å²) in [5, 5.41) is 3.51. The van der Waals surface area contributed by atoms with E-state index >= 15 is 0 Å². The highest BCUT2D eigenvalue weighted by molar-refractivity contribution is 7.80. The molecule has 0 amide bonds. The molecule has 2 heterocycles. The minimum Gasteiger partial charge on any atom is -0.467 e. The second kappa shape index (κ2) is 8.05. The fraction of sp³-hybridized carbons (Fsp3) is 0.105. The summed E-state index contributed by atoms with van der Waals surface area (Å²) in [6, 6.07) is 15.5. The number of Topliss-reactive ketones (excluding diaryl/α,β-unsaturated/α-hetero) is 1. The summed E-state index contributed by atoms with van der Waals surface area (Å²) < 4.78 is 7.07. The van der Waals surface area contributed by atoms with Gasteiger partial charge in [0.05, 0.1) is 17.8 Å². The Bertz CT molecular complexity index is 866. The van der Waals surface area contributed by atoms with E-state index in [2.05, 4.69) is 5.32 Å². The van der Waals surface area contributed by atoms with Crippen molar-refractivity contribution in [2.24, 2.45) is 0 Å². The fourth-order valence-electron chi connectivity index (χ4n) is 2.47. The highest BCUT2D eigenvalue weighted by Crippen LogP contribution is 2.20. The van der Waals surface area contributed by atoms with E-state index in [-0.39, 0.29) is 5.78 Å². The van der Waals surface area contributed by atoms with E-state index < -0.39 is 6.04 Å². The second-order valence-electron chi connectivity index (χ2n) is 5.37. The lowest BCUT2D eigenvalue weighted by atomic mass is 10.0. The first kappa shape index (κ1) is 17.3. The van der Waals surface area contributed by atoms with E-state index in [1.807, 2.05) is 24.3 Å². The van der Waals surface area contributed by atoms with Gasteiger partial charge >= 0.3 is 0 Å². The van der Waals surface area contributed by atoms with Crippen molar-refractivity contribution in [3.8, 4) is 0 Å². The third-order valence-electron chi connectivity index (χ3n) is 3.69. The molecule has 0 radical (unpaired) electrons. The van der Waals surface area contributed by atoms with E-state index in [0.29, 0.717) is 22.1 Å². The van der Waals surface area contributed by atoms with E-state index in [4.69, 9.17) is 28.2 Å². The maximum atomic E-state index is 13.1. The number of thiocarbonyl (C=S) groups is 1. The Hall–Kier alpha value is -2.50. The summed E-state index contributed by atoms with van der Waals surface area (Å²) in [5.41, 5.74) is 0.438. The minimum absolute atomic E-state index is 0.168. The van der Waals surface area contributed by atoms with Crippen LogP contribution in [0.3, 0.4) is 0 Å². The van der Waals surface area contributed by atoms with Crippen LogP contribution in [0.25, 0.3) is 0 Å². The molecule has 3 aromatic rings. The van der Waals surface area contributed by atoms with Gasteiger partial charge in [-0.2, -0.15) is 4.57 Å². The number of rotatable bonds is 6. The number of carbonyl (C=O) groups is 1. The predicted molar refractivity (Wildman–Crippen MR) is 99.6 cm³/mol. The molecular formula is C19H16ClN2O2S+. The third kappa shape index (κ3) is 4.13. The van der Waals surface area contributed by atoms with Crippen LogP contribution < -0.4 is 9.88 Å². The van der Waals surface area contributed by atoms with Crippen LogP contribution in [-0.4, -0.2) is 10.8 Å². The number of benzene rings is 1. The highest BCUT2D eigenvalue weighted by atomic mass is 35.5. The van der Waals surface area contributed by atoms with Crippen LogP contribution in [0.1, 0.15) is 22.2 Å². The molecule has 0 saturated heterocycles. The molecule has 0 aliphatic rings. The topological polar surface area (TPSA) is 46.1 Å². The van der Waals surface area contributed by atoms with Crippen molar-refractivity contribution in [2.45, 2.75) is 12.6 Å². The zero-order valence-corrected chi connectivity index (χ0v) is 14.8. The fourth-order valence-corrected chi connectivity index (χ4v) is 3.00. The summed E-state index contributed by atoms with van der Waals surface area (Å²) in [6.45, 7) is 0.408. The summed E-state index contributed by atoms with van der Waals surface area (Å²) in [7, 11) is 0. The lowest BCUT2D eigenvalue weighted by molar-refractivity contribution is -0.692. The normalized spacial score (nSPS) is 11.7. The molecule has 1 aromatic carbocycles. The summed E-state index contributed by atoms with van der Waals surface area (Å²) in [4.78, 5) is 13.5. The van der Waals surface area contributed by atoms with Crippen LogP contribution in [-0.2, 0) is 6.54 Å². The Labute approximate surface area is 156 Å². The van der Waals surface area contributed by atoms with Crippen LogP contribution >= 0.6 is 23.8 Å². The number of ketones is 1. The minimum atomic E-state index is -0.689. The molecule has 126 valence electrons. The smallest absolute Gasteiger partial charge is 0.270 e. The molecule has 0 fully saturated rings. The van der Waals surface area contributed by atoms with Gasteiger partial charge in [0.15, 0.2) is 17.4 Å². The zero-order chi connectivity index (χ0) is 17.6. The molecule has 0 unspecified atom stereocenters. The number of nitrogens with zero attached hydrogens (tertiary/aromatic N) is 1. The van der Waals surface area contributed by atoms with Gasteiger partial charge < -0.3 is 9.73 Å². The van der Waals surface area contributed by atoms with E-state index in [9.17, 15) is 4.79 Å². The van der Waals surface area contributed by atoms with Gasteiger partial charge in [0, 0.05) is 17.7 Å². The molecule has 0 bridgehead atoms. The molecule has 3 rings (SSSR count). The van der Waals surface area contributed by atoms with Crippen molar-refractivity contribution in [1.82, 2.24) is 5.32 Å². The number of halogens is 1. The van der Waals surface area contributed by atoms with Crippen LogP contribution in [0.5, 0.6) is 0 Å². The quantitative estimate of drug-likeness (QED) is 0.407. The lowest BCUT2D eigenvalue weighted by Crippen LogP contribution is -2.51. The van der Waals surface area contributed by atoms with Gasteiger partial charge in [0.2, 0.25) is 5.78 Å². The Morgan fingerprint density at radius 3 is 2.56 bits per heavy atom. The van der Waals surface area contributed by atoms with Crippen molar-refractivity contribution in [3.05, 3.63) is 89.6 Å². The standard InChI is InChI=1S/C19H15ClN2O2S/c20-16-9-3-2-8-15(16)18(23)17(22-10-4-1-5-11-22)19(25)21-13-14-7-6-12-24-14/h1-12,17H,13H2/p+1/t17-/m1/s1. The second-order valence-corrected chi connectivity index (χ2v) is 6.21. The predicted octanol–water partition coefficient (Wildman–Crippen LogP) is 3.76. The maximum absolute atomic E-state index is 13.1. The number of aromatic nitrogens is 1. The molecule has 0 spiro atoms. The first-order valence-corrected chi connectivity index (χ1v) is 8.50. The van der Waals surface area contributed by atoms with Crippen molar-refractivity contribution in [2.75, 3.05) is 0 Å². The number of nitrogens with one attached hydrogen (secondary N) is 1. The molecule has 1 N–H and O–H groups in total. The molecule has 0 aliphatic heterocycles. The van der Waals surface area contributed by atoms with Crippen molar-refractivity contribution in [1.29, 1.82) is 0 Å². The average Bonchev–Trinajstić information content (AvgIpc) is 3.15. The Morgan fingerprint density at radius 1 is 1.12 bits per heavy atom. The van der Waals surface area contributed by atoms with Gasteiger partial charge in [0.25, 0.3) is 6.04 Å². The van der Waals surface area contributed by atoms with Crippen LogP contribution in [0.15, 0.2) is 77.7 Å². The molecular weight excluding hydrogens is 356 g/mol. The van der Waals surface area contributed by atoms with Crippen LogP contribution in [0.2, 0.25) is 5.02 Å². The zero-order valence-electron chi connectivity index (χ0n) is 13.3. The van der Waals surface area contributed by atoms with Gasteiger partial charge in [0.1, 0.15) is 5.76 Å². The van der Waals surface area contributed by atoms with Crippen LogP contribution in [0, 0.1) is 0 Å². The summed E-state index contributed by atoms with van der Waals surface area (Å²) in [5.74, 6) is 0.572. The number of furan rings is 1. The van der Waals surface area contributed by atoms with Gasteiger partial charge in [-0.1, -0.05) is 42.0 Å². The van der Waals surface area contributed by atoms with E-state index in [0.717, 1.165) is 5.76 Å². The number of carbonyl (C=O) groups excluding carboxylic acids is 1. The average molecular weight is 372 g/mol. The number of hydrogen-bond donors (Lipinski definition) is 1. The first-order valence-electron chi connectivity index (χ1n) is 7.71. The SMILES string of the molecule is O=C(c1ccccc1Cl)[C@H](C(=S)NCc1ccco1)[n+]1ccccc1. The summed E-state index contributed by atoms with van der Waals surface area (Å²) >= 11 is 11.7. The molecule has 0 saturated carbocycles. The molecule has 6 heteroatoms. The van der Waals surface area contributed by atoms with Gasteiger partial charge in [-0.15, -0.1) is 0 Å². The number of pyridine rings is 1.